The van der Waals surface area contributed by atoms with Crippen molar-refractivity contribution in [3.05, 3.63) is 87.7 Å². The van der Waals surface area contributed by atoms with Crippen molar-refractivity contribution in [1.29, 1.82) is 0 Å². The minimum Gasteiger partial charge on any atom is -0.340 e. The molecule has 1 aliphatic heterocycles. The first-order valence-corrected chi connectivity index (χ1v) is 10.1. The third kappa shape index (κ3) is 3.51. The summed E-state index contributed by atoms with van der Waals surface area (Å²) < 4.78 is 2.14. The number of imide groups is 1. The van der Waals surface area contributed by atoms with E-state index in [9.17, 15) is 9.59 Å². The van der Waals surface area contributed by atoms with E-state index in [1.807, 2.05) is 43.3 Å². The van der Waals surface area contributed by atoms with E-state index in [0.29, 0.717) is 16.6 Å². The fourth-order valence-electron chi connectivity index (χ4n) is 3.67. The first-order chi connectivity index (χ1) is 14.4. The summed E-state index contributed by atoms with van der Waals surface area (Å²) >= 11 is 12.4. The van der Waals surface area contributed by atoms with Crippen LogP contribution in [0.2, 0.25) is 10.0 Å². The lowest BCUT2D eigenvalue weighted by atomic mass is 10.1. The smallest absolute Gasteiger partial charge is 0.329 e. The molecule has 1 aliphatic rings. The second-order valence-electron chi connectivity index (χ2n) is 7.03. The Kier molecular flexibility index (Phi) is 5.41. The molecule has 1 fully saturated rings. The summed E-state index contributed by atoms with van der Waals surface area (Å²) in [6, 6.07) is 12.9. The lowest BCUT2D eigenvalue weighted by Crippen LogP contribution is -2.30. The minimum atomic E-state index is -0.444. The van der Waals surface area contributed by atoms with E-state index < -0.39 is 6.03 Å². The number of amides is 3. The molecule has 0 aliphatic carbocycles. The van der Waals surface area contributed by atoms with Gasteiger partial charge in [0.1, 0.15) is 5.70 Å². The van der Waals surface area contributed by atoms with Gasteiger partial charge in [0, 0.05) is 45.3 Å². The molecule has 1 N–H and O–H groups in total. The van der Waals surface area contributed by atoms with Crippen LogP contribution in [-0.2, 0) is 11.3 Å². The van der Waals surface area contributed by atoms with Crippen molar-refractivity contribution in [3.63, 3.8) is 0 Å². The van der Waals surface area contributed by atoms with Crippen LogP contribution in [0.25, 0.3) is 17.0 Å². The number of benzene rings is 2. The lowest BCUT2D eigenvalue weighted by Gasteiger charge is -2.11. The molecule has 0 spiro atoms. The third-order valence-corrected chi connectivity index (χ3v) is 5.77. The summed E-state index contributed by atoms with van der Waals surface area (Å²) in [7, 11) is 0. The van der Waals surface area contributed by atoms with E-state index in [1.165, 1.54) is 6.08 Å². The number of nitrogens with one attached hydrogen (secondary N) is 1. The summed E-state index contributed by atoms with van der Waals surface area (Å²) in [5.41, 5.74) is 4.02. The van der Waals surface area contributed by atoms with Crippen LogP contribution in [0.5, 0.6) is 0 Å². The van der Waals surface area contributed by atoms with Crippen LogP contribution >= 0.6 is 23.2 Å². The molecule has 0 unspecified atom stereocenters. The van der Waals surface area contributed by atoms with Crippen molar-refractivity contribution in [2.24, 2.45) is 0 Å². The SMILES string of the molecule is C=CCN1C(=O)N/C(=C/c2c(C)n(Cc3ccc(Cl)cc3Cl)c3ccccc23)C1=O. The average Bonchev–Trinajstić information content (AvgIpc) is 3.13. The van der Waals surface area contributed by atoms with Crippen LogP contribution in [-0.4, -0.2) is 28.0 Å². The van der Waals surface area contributed by atoms with Crippen molar-refractivity contribution in [2.75, 3.05) is 6.54 Å². The van der Waals surface area contributed by atoms with Gasteiger partial charge in [-0.3, -0.25) is 9.69 Å². The number of para-hydroxylation sites is 1. The highest BCUT2D eigenvalue weighted by atomic mass is 35.5. The van der Waals surface area contributed by atoms with Crippen molar-refractivity contribution < 1.29 is 9.59 Å². The van der Waals surface area contributed by atoms with Gasteiger partial charge in [0.15, 0.2) is 0 Å². The number of aromatic nitrogens is 1. The number of nitrogens with zero attached hydrogens (tertiary/aromatic N) is 2. The first-order valence-electron chi connectivity index (χ1n) is 9.38. The summed E-state index contributed by atoms with van der Waals surface area (Å²) in [4.78, 5) is 25.9. The van der Waals surface area contributed by atoms with E-state index in [0.717, 1.165) is 32.6 Å². The molecule has 1 aromatic heterocycles. The Labute approximate surface area is 184 Å². The van der Waals surface area contributed by atoms with Gasteiger partial charge in [0.25, 0.3) is 5.91 Å². The van der Waals surface area contributed by atoms with Gasteiger partial charge in [0.05, 0.1) is 0 Å². The first kappa shape index (κ1) is 20.3. The maximum absolute atomic E-state index is 12.6. The van der Waals surface area contributed by atoms with Gasteiger partial charge in [-0.2, -0.15) is 0 Å². The van der Waals surface area contributed by atoms with E-state index in [4.69, 9.17) is 23.2 Å². The molecule has 7 heteroatoms. The highest BCUT2D eigenvalue weighted by molar-refractivity contribution is 6.35. The number of fused-ring (bicyclic) bond motifs is 1. The van der Waals surface area contributed by atoms with Crippen LogP contribution in [0.3, 0.4) is 0 Å². The standard InChI is InChI=1S/C23H19Cl2N3O2/c1-3-10-27-22(29)20(26-23(27)30)12-18-14(2)28(21-7-5-4-6-17(18)21)13-15-8-9-16(24)11-19(15)25/h3-9,11-12H,1,10,13H2,2H3,(H,26,30)/b20-12+. The summed E-state index contributed by atoms with van der Waals surface area (Å²) in [6.07, 6.45) is 3.26. The van der Waals surface area contributed by atoms with E-state index >= 15 is 0 Å². The van der Waals surface area contributed by atoms with Crippen LogP contribution in [0.4, 0.5) is 4.79 Å². The monoisotopic (exact) mass is 439 g/mol. The molecule has 2 heterocycles. The molecule has 152 valence electrons. The molecule has 0 saturated carbocycles. The second-order valence-corrected chi connectivity index (χ2v) is 7.87. The Bertz CT molecular complexity index is 1230. The molecule has 4 rings (SSSR count). The Morgan fingerprint density at radius 3 is 2.63 bits per heavy atom. The van der Waals surface area contributed by atoms with E-state index in [2.05, 4.69) is 16.5 Å². The predicted molar refractivity (Wildman–Crippen MR) is 121 cm³/mol. The molecule has 5 nitrogen and oxygen atoms in total. The number of carbonyl (C=O) groups is 2. The maximum atomic E-state index is 12.6. The Morgan fingerprint density at radius 2 is 1.90 bits per heavy atom. The molecule has 30 heavy (non-hydrogen) atoms. The molecular weight excluding hydrogens is 421 g/mol. The average molecular weight is 440 g/mol. The van der Waals surface area contributed by atoms with Crippen LogP contribution in [0, 0.1) is 6.92 Å². The summed E-state index contributed by atoms with van der Waals surface area (Å²) in [6.45, 7) is 6.30. The van der Waals surface area contributed by atoms with Gasteiger partial charge in [-0.25, -0.2) is 4.79 Å². The van der Waals surface area contributed by atoms with Crippen molar-refractivity contribution in [1.82, 2.24) is 14.8 Å². The zero-order valence-corrected chi connectivity index (χ0v) is 17.8. The van der Waals surface area contributed by atoms with Crippen molar-refractivity contribution >= 4 is 52.1 Å². The Balaban J connectivity index is 1.81. The topological polar surface area (TPSA) is 54.3 Å². The van der Waals surface area contributed by atoms with Gasteiger partial charge in [-0.1, -0.05) is 53.5 Å². The van der Waals surface area contributed by atoms with Gasteiger partial charge >= 0.3 is 6.03 Å². The van der Waals surface area contributed by atoms with E-state index in [-0.39, 0.29) is 18.1 Å². The number of halogens is 2. The highest BCUT2D eigenvalue weighted by Crippen LogP contribution is 2.31. The number of urea groups is 1. The van der Waals surface area contributed by atoms with Crippen LogP contribution in [0.15, 0.2) is 60.8 Å². The summed E-state index contributed by atoms with van der Waals surface area (Å²) in [5.74, 6) is -0.364. The van der Waals surface area contributed by atoms with E-state index in [1.54, 1.807) is 12.1 Å². The molecule has 2 aromatic carbocycles. The van der Waals surface area contributed by atoms with Gasteiger partial charge in [-0.15, -0.1) is 6.58 Å². The largest absolute Gasteiger partial charge is 0.340 e. The number of hydrogen-bond acceptors (Lipinski definition) is 2. The lowest BCUT2D eigenvalue weighted by molar-refractivity contribution is -0.122. The van der Waals surface area contributed by atoms with Crippen LogP contribution in [0.1, 0.15) is 16.8 Å². The molecule has 0 bridgehead atoms. The zero-order chi connectivity index (χ0) is 21.4. The normalized spacial score (nSPS) is 15.3. The molecular formula is C23H19Cl2N3O2. The molecule has 3 amide bonds. The number of carbonyl (C=O) groups excluding carboxylic acids is 2. The predicted octanol–water partition coefficient (Wildman–Crippen LogP) is 5.38. The Hall–Kier alpha value is -3.02. The molecule has 0 atom stereocenters. The quantitative estimate of drug-likeness (QED) is 0.329. The maximum Gasteiger partial charge on any atom is 0.329 e. The van der Waals surface area contributed by atoms with Gasteiger partial charge < -0.3 is 9.88 Å². The second kappa shape index (κ2) is 8.01. The van der Waals surface area contributed by atoms with Crippen molar-refractivity contribution in [2.45, 2.75) is 13.5 Å². The number of hydrogen-bond donors (Lipinski definition) is 1. The number of rotatable bonds is 5. The molecule has 0 radical (unpaired) electrons. The fraction of sp³-hybridized carbons (Fsp3) is 0.130. The zero-order valence-electron chi connectivity index (χ0n) is 16.3. The third-order valence-electron chi connectivity index (χ3n) is 5.19. The van der Waals surface area contributed by atoms with Crippen molar-refractivity contribution in [3.8, 4) is 0 Å². The van der Waals surface area contributed by atoms with Gasteiger partial charge in [0.2, 0.25) is 0 Å². The molecule has 3 aromatic rings. The highest BCUT2D eigenvalue weighted by Gasteiger charge is 2.33. The van der Waals surface area contributed by atoms with Crippen LogP contribution < -0.4 is 5.32 Å². The fourth-order valence-corrected chi connectivity index (χ4v) is 4.14. The summed E-state index contributed by atoms with van der Waals surface area (Å²) in [5, 5.41) is 4.82. The molecule has 1 saturated heterocycles. The van der Waals surface area contributed by atoms with Gasteiger partial charge in [-0.05, 0) is 36.8 Å². The minimum absolute atomic E-state index is 0.164. The Morgan fingerprint density at radius 1 is 1.13 bits per heavy atom.